The van der Waals surface area contributed by atoms with E-state index in [0.29, 0.717) is 6.54 Å². The maximum absolute atomic E-state index is 11.7. The first-order chi connectivity index (χ1) is 7.38. The highest BCUT2D eigenvalue weighted by molar-refractivity contribution is 5.81. The van der Waals surface area contributed by atoms with Crippen molar-refractivity contribution >= 4 is 5.91 Å². The average molecular weight is 224 g/mol. The molecule has 2 N–H and O–H groups in total. The summed E-state index contributed by atoms with van der Waals surface area (Å²) in [5, 5.41) is 6.06. The normalized spacial score (nSPS) is 13.5. The molecule has 1 rings (SSSR count). The molecular weight excluding hydrogens is 204 g/mol. The fourth-order valence-corrected chi connectivity index (χ4v) is 1.23. The van der Waals surface area contributed by atoms with Crippen LogP contribution in [-0.2, 0) is 11.3 Å². The van der Waals surface area contributed by atoms with E-state index in [0.717, 1.165) is 5.56 Å². The fourth-order valence-electron chi connectivity index (χ4n) is 1.23. The molecule has 0 bridgehead atoms. The van der Waals surface area contributed by atoms with Crippen LogP contribution in [0.3, 0.4) is 0 Å². The van der Waals surface area contributed by atoms with Gasteiger partial charge in [-0.3, -0.25) is 4.79 Å². The van der Waals surface area contributed by atoms with Crippen LogP contribution in [0.5, 0.6) is 0 Å². The van der Waals surface area contributed by atoms with Crippen molar-refractivity contribution < 1.29 is 9.21 Å². The molecule has 4 heteroatoms. The number of furan rings is 1. The van der Waals surface area contributed by atoms with Gasteiger partial charge in [0.1, 0.15) is 0 Å². The summed E-state index contributed by atoms with van der Waals surface area (Å²) in [6, 6.07) is 1.66. The molecule has 0 fully saturated rings. The molecule has 1 atom stereocenters. The van der Waals surface area contributed by atoms with Gasteiger partial charge >= 0.3 is 0 Å². The quantitative estimate of drug-likeness (QED) is 0.818. The fraction of sp³-hybridized carbons (Fsp3) is 0.583. The zero-order valence-electron chi connectivity index (χ0n) is 10.3. The molecule has 0 radical (unpaired) electrons. The summed E-state index contributed by atoms with van der Waals surface area (Å²) in [6.07, 6.45) is 3.29. The van der Waals surface area contributed by atoms with Crippen molar-refractivity contribution in [2.24, 2.45) is 0 Å². The minimum atomic E-state index is -0.214. The van der Waals surface area contributed by atoms with Gasteiger partial charge in [0.05, 0.1) is 18.6 Å². The monoisotopic (exact) mass is 224 g/mol. The highest BCUT2D eigenvalue weighted by Gasteiger charge is 2.18. The predicted octanol–water partition coefficient (Wildman–Crippen LogP) is 1.67. The van der Waals surface area contributed by atoms with Crippen molar-refractivity contribution in [3.8, 4) is 0 Å². The van der Waals surface area contributed by atoms with Gasteiger partial charge in [-0.2, -0.15) is 0 Å². The standard InChI is InChI=1S/C12H20N2O2/c1-9(11(15)14-12(2,3)4)13-7-10-5-6-16-8-10/h5-6,8-9,13H,7H2,1-4H3,(H,14,15). The minimum Gasteiger partial charge on any atom is -0.472 e. The molecule has 1 amide bonds. The van der Waals surface area contributed by atoms with Crippen LogP contribution in [0.25, 0.3) is 0 Å². The van der Waals surface area contributed by atoms with E-state index in [9.17, 15) is 4.79 Å². The van der Waals surface area contributed by atoms with Crippen molar-refractivity contribution in [3.63, 3.8) is 0 Å². The molecule has 0 aliphatic heterocycles. The first-order valence-corrected chi connectivity index (χ1v) is 5.45. The largest absolute Gasteiger partial charge is 0.472 e. The molecule has 0 aliphatic rings. The third-order valence-corrected chi connectivity index (χ3v) is 2.08. The topological polar surface area (TPSA) is 54.3 Å². The molecule has 1 unspecified atom stereocenters. The Kier molecular flexibility index (Phi) is 4.12. The van der Waals surface area contributed by atoms with Gasteiger partial charge in [-0.1, -0.05) is 0 Å². The van der Waals surface area contributed by atoms with E-state index in [1.165, 1.54) is 0 Å². The van der Waals surface area contributed by atoms with E-state index < -0.39 is 0 Å². The van der Waals surface area contributed by atoms with Gasteiger partial charge in [-0.25, -0.2) is 0 Å². The molecule has 1 heterocycles. The van der Waals surface area contributed by atoms with Crippen molar-refractivity contribution in [1.29, 1.82) is 0 Å². The first kappa shape index (κ1) is 12.8. The SMILES string of the molecule is CC(NCc1ccoc1)C(=O)NC(C)(C)C. The number of rotatable bonds is 4. The zero-order valence-corrected chi connectivity index (χ0v) is 10.3. The van der Waals surface area contributed by atoms with Crippen molar-refractivity contribution in [2.45, 2.75) is 45.8 Å². The zero-order chi connectivity index (χ0) is 12.2. The molecule has 4 nitrogen and oxygen atoms in total. The molecule has 0 aliphatic carbocycles. The van der Waals surface area contributed by atoms with Gasteiger partial charge < -0.3 is 15.1 Å². The van der Waals surface area contributed by atoms with E-state index in [1.54, 1.807) is 12.5 Å². The van der Waals surface area contributed by atoms with Gasteiger partial charge in [-0.05, 0) is 33.8 Å². The van der Waals surface area contributed by atoms with Crippen LogP contribution in [0.15, 0.2) is 23.0 Å². The molecule has 90 valence electrons. The Labute approximate surface area is 96.4 Å². The second-order valence-corrected chi connectivity index (χ2v) is 4.97. The molecule has 0 spiro atoms. The average Bonchev–Trinajstić information content (AvgIpc) is 2.63. The first-order valence-electron chi connectivity index (χ1n) is 5.45. The maximum Gasteiger partial charge on any atom is 0.237 e. The predicted molar refractivity (Wildman–Crippen MR) is 62.9 cm³/mol. The van der Waals surface area contributed by atoms with Crippen LogP contribution < -0.4 is 10.6 Å². The Morgan fingerprint density at radius 1 is 1.50 bits per heavy atom. The highest BCUT2D eigenvalue weighted by Crippen LogP contribution is 2.01. The number of carbonyl (C=O) groups is 1. The Morgan fingerprint density at radius 3 is 2.69 bits per heavy atom. The van der Waals surface area contributed by atoms with E-state index in [-0.39, 0.29) is 17.5 Å². The lowest BCUT2D eigenvalue weighted by atomic mass is 10.1. The van der Waals surface area contributed by atoms with Crippen molar-refractivity contribution in [3.05, 3.63) is 24.2 Å². The van der Waals surface area contributed by atoms with Gasteiger partial charge in [0.15, 0.2) is 0 Å². The summed E-state index contributed by atoms with van der Waals surface area (Å²) < 4.78 is 4.95. The summed E-state index contributed by atoms with van der Waals surface area (Å²) >= 11 is 0. The smallest absolute Gasteiger partial charge is 0.237 e. The molecule has 1 aromatic rings. The molecular formula is C12H20N2O2. The van der Waals surface area contributed by atoms with E-state index in [1.807, 2.05) is 33.8 Å². The summed E-state index contributed by atoms with van der Waals surface area (Å²) in [7, 11) is 0. The van der Waals surface area contributed by atoms with Gasteiger partial charge in [-0.15, -0.1) is 0 Å². The number of nitrogens with one attached hydrogen (secondary N) is 2. The van der Waals surface area contributed by atoms with Gasteiger partial charge in [0.25, 0.3) is 0 Å². The molecule has 1 aromatic heterocycles. The van der Waals surface area contributed by atoms with Crippen LogP contribution >= 0.6 is 0 Å². The van der Waals surface area contributed by atoms with E-state index >= 15 is 0 Å². The Hall–Kier alpha value is -1.29. The number of amides is 1. The molecule has 16 heavy (non-hydrogen) atoms. The van der Waals surface area contributed by atoms with Crippen LogP contribution in [-0.4, -0.2) is 17.5 Å². The van der Waals surface area contributed by atoms with Crippen LogP contribution in [0, 0.1) is 0 Å². The summed E-state index contributed by atoms with van der Waals surface area (Å²) in [5.41, 5.74) is 0.846. The maximum atomic E-state index is 11.7. The van der Waals surface area contributed by atoms with Gasteiger partial charge in [0, 0.05) is 17.6 Å². The minimum absolute atomic E-state index is 0.0102. The highest BCUT2D eigenvalue weighted by atomic mass is 16.3. The van der Waals surface area contributed by atoms with E-state index in [4.69, 9.17) is 4.42 Å². The third-order valence-electron chi connectivity index (χ3n) is 2.08. The van der Waals surface area contributed by atoms with E-state index in [2.05, 4.69) is 10.6 Å². The number of hydrogen-bond acceptors (Lipinski definition) is 3. The second kappa shape index (κ2) is 5.16. The van der Waals surface area contributed by atoms with Crippen molar-refractivity contribution in [2.75, 3.05) is 0 Å². The summed E-state index contributed by atoms with van der Waals surface area (Å²) in [6.45, 7) is 8.38. The van der Waals surface area contributed by atoms with Crippen LogP contribution in [0.2, 0.25) is 0 Å². The van der Waals surface area contributed by atoms with Crippen LogP contribution in [0.4, 0.5) is 0 Å². The van der Waals surface area contributed by atoms with Crippen molar-refractivity contribution in [1.82, 2.24) is 10.6 Å². The van der Waals surface area contributed by atoms with Crippen LogP contribution in [0.1, 0.15) is 33.3 Å². The number of carbonyl (C=O) groups excluding carboxylic acids is 1. The number of hydrogen-bond donors (Lipinski definition) is 2. The molecule has 0 saturated carbocycles. The molecule has 0 saturated heterocycles. The third kappa shape index (κ3) is 4.49. The lowest BCUT2D eigenvalue weighted by molar-refractivity contribution is -0.124. The Balaban J connectivity index is 2.35. The summed E-state index contributed by atoms with van der Waals surface area (Å²) in [5.74, 6) is 0.0102. The lowest BCUT2D eigenvalue weighted by Crippen LogP contribution is -2.49. The Morgan fingerprint density at radius 2 is 2.19 bits per heavy atom. The summed E-state index contributed by atoms with van der Waals surface area (Å²) in [4.78, 5) is 11.7. The molecule has 0 aromatic carbocycles. The lowest BCUT2D eigenvalue weighted by Gasteiger charge is -2.23. The Bertz CT molecular complexity index is 325. The second-order valence-electron chi connectivity index (χ2n) is 4.97. The van der Waals surface area contributed by atoms with Gasteiger partial charge in [0.2, 0.25) is 5.91 Å².